The van der Waals surface area contributed by atoms with Crippen molar-refractivity contribution in [2.24, 2.45) is 0 Å². The lowest BCUT2D eigenvalue weighted by atomic mass is 10.1. The van der Waals surface area contributed by atoms with Crippen LogP contribution in [0.2, 0.25) is 5.02 Å². The van der Waals surface area contributed by atoms with E-state index in [4.69, 9.17) is 11.6 Å². The fourth-order valence-corrected chi connectivity index (χ4v) is 2.39. The molecular weight excluding hydrogens is 244 g/mol. The first-order chi connectivity index (χ1) is 8.63. The van der Waals surface area contributed by atoms with E-state index < -0.39 is 0 Å². The molecular formula is C15H23ClN2. The number of hydrogen-bond donors (Lipinski definition) is 1. The molecule has 1 N–H and O–H groups in total. The van der Waals surface area contributed by atoms with Crippen LogP contribution in [0.1, 0.15) is 32.4 Å². The smallest absolute Gasteiger partial charge is 0.0474 e. The number of hydrogen-bond acceptors (Lipinski definition) is 2. The Hall–Kier alpha value is -0.990. The van der Waals surface area contributed by atoms with Gasteiger partial charge < -0.3 is 10.2 Å². The number of nitrogens with one attached hydrogen (secondary N) is 1. The summed E-state index contributed by atoms with van der Waals surface area (Å²) in [5.41, 5.74) is 2.30. The van der Waals surface area contributed by atoms with Crippen LogP contribution in [0.3, 0.4) is 0 Å². The van der Waals surface area contributed by atoms with Gasteiger partial charge in [0.25, 0.3) is 0 Å². The summed E-state index contributed by atoms with van der Waals surface area (Å²) in [4.78, 5) is 2.24. The number of halogens is 1. The zero-order valence-corrected chi connectivity index (χ0v) is 12.3. The molecule has 18 heavy (non-hydrogen) atoms. The van der Waals surface area contributed by atoms with Crippen molar-refractivity contribution in [3.63, 3.8) is 0 Å². The second kappa shape index (κ2) is 7.45. The Bertz CT molecular complexity index is 390. The van der Waals surface area contributed by atoms with Crippen LogP contribution in [0.5, 0.6) is 0 Å². The number of anilines is 1. The number of nitrogens with zero attached hydrogens (tertiary/aromatic N) is 1. The van der Waals surface area contributed by atoms with Crippen LogP contribution in [0.25, 0.3) is 0 Å². The molecule has 1 atom stereocenters. The standard InChI is InChI=1S/C15H23ClN2/c1-5-10-18(7-3)13-8-9-14(15(16)11-13)12(4)17-6-2/h5,8-9,11-12,17H,1,6-7,10H2,2-4H3. The predicted molar refractivity (Wildman–Crippen MR) is 81.6 cm³/mol. The van der Waals surface area contributed by atoms with Crippen LogP contribution in [-0.4, -0.2) is 19.6 Å². The molecule has 0 saturated heterocycles. The molecule has 1 aromatic carbocycles. The average Bonchev–Trinajstić information content (AvgIpc) is 2.36. The molecule has 0 spiro atoms. The van der Waals surface area contributed by atoms with Crippen molar-refractivity contribution >= 4 is 17.3 Å². The van der Waals surface area contributed by atoms with Crippen molar-refractivity contribution in [1.82, 2.24) is 5.32 Å². The minimum atomic E-state index is 0.283. The van der Waals surface area contributed by atoms with Crippen LogP contribution >= 0.6 is 11.6 Å². The van der Waals surface area contributed by atoms with Crippen molar-refractivity contribution in [1.29, 1.82) is 0 Å². The molecule has 0 aromatic heterocycles. The third-order valence-corrected chi connectivity index (χ3v) is 3.38. The first-order valence-corrected chi connectivity index (χ1v) is 6.90. The zero-order valence-electron chi connectivity index (χ0n) is 11.5. The van der Waals surface area contributed by atoms with E-state index in [2.05, 4.69) is 49.7 Å². The van der Waals surface area contributed by atoms with Gasteiger partial charge in [-0.15, -0.1) is 6.58 Å². The first-order valence-electron chi connectivity index (χ1n) is 6.52. The van der Waals surface area contributed by atoms with E-state index in [9.17, 15) is 0 Å². The van der Waals surface area contributed by atoms with E-state index in [-0.39, 0.29) is 6.04 Å². The predicted octanol–water partition coefficient (Wildman–Crippen LogP) is 4.02. The first kappa shape index (κ1) is 15.1. The van der Waals surface area contributed by atoms with E-state index in [0.29, 0.717) is 0 Å². The lowest BCUT2D eigenvalue weighted by Crippen LogP contribution is -2.23. The Kier molecular flexibility index (Phi) is 6.23. The van der Waals surface area contributed by atoms with E-state index in [1.807, 2.05) is 12.1 Å². The van der Waals surface area contributed by atoms with E-state index in [1.54, 1.807) is 0 Å². The molecule has 0 radical (unpaired) electrons. The van der Waals surface area contributed by atoms with Crippen molar-refractivity contribution in [2.45, 2.75) is 26.8 Å². The molecule has 0 fully saturated rings. The highest BCUT2D eigenvalue weighted by molar-refractivity contribution is 6.31. The molecule has 3 heteroatoms. The maximum absolute atomic E-state index is 6.37. The van der Waals surface area contributed by atoms with Crippen molar-refractivity contribution in [3.05, 3.63) is 41.4 Å². The molecule has 0 aliphatic heterocycles. The summed E-state index contributed by atoms with van der Waals surface area (Å²) in [5, 5.41) is 4.20. The Labute approximate surface area is 116 Å². The SMILES string of the molecule is C=CCN(CC)c1ccc(C(C)NCC)c(Cl)c1. The summed E-state index contributed by atoms with van der Waals surface area (Å²) in [7, 11) is 0. The van der Waals surface area contributed by atoms with Crippen molar-refractivity contribution < 1.29 is 0 Å². The Morgan fingerprint density at radius 2 is 2.17 bits per heavy atom. The summed E-state index contributed by atoms with van der Waals surface area (Å²) in [6, 6.07) is 6.56. The largest absolute Gasteiger partial charge is 0.368 e. The average molecular weight is 267 g/mol. The maximum atomic E-state index is 6.37. The monoisotopic (exact) mass is 266 g/mol. The van der Waals surface area contributed by atoms with E-state index in [1.165, 1.54) is 0 Å². The fourth-order valence-electron chi connectivity index (χ4n) is 2.05. The highest BCUT2D eigenvalue weighted by Crippen LogP contribution is 2.27. The summed E-state index contributed by atoms with van der Waals surface area (Å²) < 4.78 is 0. The molecule has 0 amide bonds. The highest BCUT2D eigenvalue weighted by atomic mass is 35.5. The van der Waals surface area contributed by atoms with Gasteiger partial charge in [0.15, 0.2) is 0 Å². The lowest BCUT2D eigenvalue weighted by molar-refractivity contribution is 0.598. The fraction of sp³-hybridized carbons (Fsp3) is 0.467. The van der Waals surface area contributed by atoms with Crippen LogP contribution in [-0.2, 0) is 0 Å². The Balaban J connectivity index is 2.93. The summed E-state index contributed by atoms with van der Waals surface area (Å²) in [6.07, 6.45) is 1.91. The number of rotatable bonds is 7. The molecule has 0 heterocycles. The van der Waals surface area contributed by atoms with Crippen LogP contribution in [0.15, 0.2) is 30.9 Å². The van der Waals surface area contributed by atoms with Crippen LogP contribution in [0, 0.1) is 0 Å². The zero-order chi connectivity index (χ0) is 13.5. The molecule has 1 unspecified atom stereocenters. The second-order valence-electron chi connectivity index (χ2n) is 4.31. The lowest BCUT2D eigenvalue weighted by Gasteiger charge is -2.23. The van der Waals surface area contributed by atoms with Gasteiger partial charge in [0.1, 0.15) is 0 Å². The molecule has 0 aliphatic carbocycles. The van der Waals surface area contributed by atoms with Gasteiger partial charge in [-0.25, -0.2) is 0 Å². The molecule has 1 aromatic rings. The van der Waals surface area contributed by atoms with Gasteiger partial charge in [-0.2, -0.15) is 0 Å². The topological polar surface area (TPSA) is 15.3 Å². The molecule has 2 nitrogen and oxygen atoms in total. The van der Waals surface area contributed by atoms with Crippen LogP contribution < -0.4 is 10.2 Å². The van der Waals surface area contributed by atoms with Crippen LogP contribution in [0.4, 0.5) is 5.69 Å². The van der Waals surface area contributed by atoms with Gasteiger partial charge in [0.2, 0.25) is 0 Å². The third-order valence-electron chi connectivity index (χ3n) is 3.06. The van der Waals surface area contributed by atoms with Gasteiger partial charge in [-0.3, -0.25) is 0 Å². The summed E-state index contributed by atoms with van der Waals surface area (Å²) in [5.74, 6) is 0. The summed E-state index contributed by atoms with van der Waals surface area (Å²) in [6.45, 7) is 12.9. The maximum Gasteiger partial charge on any atom is 0.0474 e. The van der Waals surface area contributed by atoms with Gasteiger partial charge in [0.05, 0.1) is 0 Å². The van der Waals surface area contributed by atoms with Crippen molar-refractivity contribution in [3.8, 4) is 0 Å². The minimum absolute atomic E-state index is 0.283. The quantitative estimate of drug-likeness (QED) is 0.750. The summed E-state index contributed by atoms with van der Waals surface area (Å²) >= 11 is 6.37. The number of likely N-dealkylation sites (N-methyl/N-ethyl adjacent to an activating group) is 1. The normalized spacial score (nSPS) is 12.2. The molecule has 0 bridgehead atoms. The van der Waals surface area contributed by atoms with E-state index in [0.717, 1.165) is 35.9 Å². The van der Waals surface area contributed by atoms with Gasteiger partial charge in [-0.05, 0) is 38.1 Å². The Morgan fingerprint density at radius 1 is 1.44 bits per heavy atom. The van der Waals surface area contributed by atoms with E-state index >= 15 is 0 Å². The van der Waals surface area contributed by atoms with Crippen molar-refractivity contribution in [2.75, 3.05) is 24.5 Å². The Morgan fingerprint density at radius 3 is 2.67 bits per heavy atom. The third kappa shape index (κ3) is 3.76. The molecule has 0 aliphatic rings. The van der Waals surface area contributed by atoms with Gasteiger partial charge >= 0.3 is 0 Å². The molecule has 1 rings (SSSR count). The number of benzene rings is 1. The van der Waals surface area contributed by atoms with Gasteiger partial charge in [0, 0.05) is 29.8 Å². The minimum Gasteiger partial charge on any atom is -0.368 e. The van der Waals surface area contributed by atoms with Gasteiger partial charge in [-0.1, -0.05) is 30.7 Å². The highest BCUT2D eigenvalue weighted by Gasteiger charge is 2.10. The molecule has 0 saturated carbocycles. The molecule has 100 valence electrons. The second-order valence-corrected chi connectivity index (χ2v) is 4.72.